The van der Waals surface area contributed by atoms with E-state index in [0.29, 0.717) is 72.4 Å². The lowest BCUT2D eigenvalue weighted by Crippen LogP contribution is -2.53. The van der Waals surface area contributed by atoms with Gasteiger partial charge in [-0.15, -0.1) is 0 Å². The van der Waals surface area contributed by atoms with E-state index in [2.05, 4.69) is 15.5 Å². The first-order chi connectivity index (χ1) is 15.4. The van der Waals surface area contributed by atoms with Crippen LogP contribution >= 0.6 is 11.6 Å². The van der Waals surface area contributed by atoms with Crippen LogP contribution in [0.4, 0.5) is 15.8 Å². The van der Waals surface area contributed by atoms with E-state index in [1.54, 1.807) is 6.07 Å². The van der Waals surface area contributed by atoms with Gasteiger partial charge in [-0.05, 0) is 35.7 Å². The number of fused-ring (bicyclic) bond motifs is 1. The molecule has 2 aromatic carbocycles. The number of nitrogen functional groups attached to an aromatic ring is 1. The minimum atomic E-state index is -0.401. The first-order valence-corrected chi connectivity index (χ1v) is 11.3. The van der Waals surface area contributed by atoms with Crippen LogP contribution < -0.4 is 22.1 Å². The number of carbonyl (C=O) groups excluding carboxylic acids is 1. The van der Waals surface area contributed by atoms with Gasteiger partial charge in [-0.2, -0.15) is 0 Å². The van der Waals surface area contributed by atoms with Crippen LogP contribution in [0.3, 0.4) is 0 Å². The molecule has 0 saturated carbocycles. The third-order valence-electron chi connectivity index (χ3n) is 6.45. The molecule has 0 spiro atoms. The number of carbonyl (C=O) groups is 1. The van der Waals surface area contributed by atoms with Crippen LogP contribution in [-0.2, 0) is 11.3 Å². The van der Waals surface area contributed by atoms with E-state index in [4.69, 9.17) is 23.1 Å². The molecule has 2 aliphatic heterocycles. The topological polar surface area (TPSA) is 99.7 Å². The van der Waals surface area contributed by atoms with Crippen LogP contribution in [0.5, 0.6) is 0 Å². The highest BCUT2D eigenvalue weighted by Crippen LogP contribution is 2.44. The molecule has 2 aliphatic rings. The van der Waals surface area contributed by atoms with Crippen molar-refractivity contribution in [3.8, 4) is 11.1 Å². The van der Waals surface area contributed by atoms with Crippen molar-refractivity contribution < 1.29 is 9.18 Å². The predicted molar refractivity (Wildman–Crippen MR) is 127 cm³/mol. The summed E-state index contributed by atoms with van der Waals surface area (Å²) in [5.41, 5.74) is 16.3. The Morgan fingerprint density at radius 1 is 1.25 bits per heavy atom. The second-order valence-electron chi connectivity index (χ2n) is 8.27. The van der Waals surface area contributed by atoms with Crippen LogP contribution in [0.25, 0.3) is 11.1 Å². The standard InChI is InChI=1S/C23H30ClFN6O/c1-3-18(32)30-6-8-31(9-7-30)23-14-10-16(24)20(21(25)22(14)28-12-29-23)19-13(2)4-5-17(27)15(19)11-26/h4-5,10,23,28-29H,3,6-9,11-12,26-27H2,1-2H3. The Morgan fingerprint density at radius 3 is 2.62 bits per heavy atom. The number of rotatable bonds is 4. The van der Waals surface area contributed by atoms with Crippen LogP contribution in [0.15, 0.2) is 18.2 Å². The number of nitrogens with one attached hydrogen (secondary N) is 2. The second kappa shape index (κ2) is 9.23. The number of nitrogens with two attached hydrogens (primary N) is 2. The smallest absolute Gasteiger partial charge is 0.222 e. The van der Waals surface area contributed by atoms with Gasteiger partial charge in [0.05, 0.1) is 23.5 Å². The number of anilines is 2. The molecule has 0 radical (unpaired) electrons. The van der Waals surface area contributed by atoms with Crippen LogP contribution in [-0.4, -0.2) is 48.6 Å². The molecule has 2 aromatic rings. The number of halogens is 2. The summed E-state index contributed by atoms with van der Waals surface area (Å²) in [6, 6.07) is 5.46. The van der Waals surface area contributed by atoms with E-state index >= 15 is 4.39 Å². The molecule has 7 nitrogen and oxygen atoms in total. The molecule has 0 bridgehead atoms. The number of benzene rings is 2. The zero-order valence-corrected chi connectivity index (χ0v) is 19.2. The third kappa shape index (κ3) is 3.92. The largest absolute Gasteiger partial charge is 0.398 e. The van der Waals surface area contributed by atoms with E-state index in [9.17, 15) is 4.79 Å². The molecule has 1 atom stereocenters. The van der Waals surface area contributed by atoms with Crippen LogP contribution in [0.1, 0.15) is 36.2 Å². The number of hydrogen-bond acceptors (Lipinski definition) is 6. The number of piperazine rings is 1. The summed E-state index contributed by atoms with van der Waals surface area (Å²) in [6.07, 6.45) is 0.314. The molecular weight excluding hydrogens is 431 g/mol. The Kier molecular flexibility index (Phi) is 6.57. The maximum Gasteiger partial charge on any atom is 0.222 e. The Morgan fingerprint density at radius 2 is 1.97 bits per heavy atom. The molecule has 0 aromatic heterocycles. The molecule has 6 N–H and O–H groups in total. The fourth-order valence-electron chi connectivity index (χ4n) is 4.74. The van der Waals surface area contributed by atoms with Gasteiger partial charge in [0.25, 0.3) is 0 Å². The van der Waals surface area contributed by atoms with E-state index in [1.807, 2.05) is 30.9 Å². The lowest BCUT2D eigenvalue weighted by atomic mass is 9.91. The normalized spacial score (nSPS) is 18.9. The molecule has 1 amide bonds. The molecule has 1 fully saturated rings. The van der Waals surface area contributed by atoms with E-state index in [1.165, 1.54) is 0 Å². The number of nitrogens with zero attached hydrogens (tertiary/aromatic N) is 2. The van der Waals surface area contributed by atoms with Crippen LogP contribution in [0, 0.1) is 12.7 Å². The van der Waals surface area contributed by atoms with Gasteiger partial charge in [-0.1, -0.05) is 24.6 Å². The second-order valence-corrected chi connectivity index (χ2v) is 8.68. The van der Waals surface area contributed by atoms with Crippen molar-refractivity contribution in [3.63, 3.8) is 0 Å². The molecule has 1 unspecified atom stereocenters. The monoisotopic (exact) mass is 460 g/mol. The number of amides is 1. The summed E-state index contributed by atoms with van der Waals surface area (Å²) in [6.45, 7) is 7.11. The van der Waals surface area contributed by atoms with Gasteiger partial charge in [0.2, 0.25) is 5.91 Å². The van der Waals surface area contributed by atoms with E-state index < -0.39 is 5.82 Å². The van der Waals surface area contributed by atoms with Crippen molar-refractivity contribution >= 4 is 28.9 Å². The highest BCUT2D eigenvalue weighted by atomic mass is 35.5. The summed E-state index contributed by atoms with van der Waals surface area (Å²) in [5.74, 6) is -0.238. The average molecular weight is 461 g/mol. The van der Waals surface area contributed by atoms with E-state index in [0.717, 1.165) is 11.1 Å². The minimum Gasteiger partial charge on any atom is -0.398 e. The zero-order chi connectivity index (χ0) is 23.0. The van der Waals surface area contributed by atoms with Gasteiger partial charge in [-0.3, -0.25) is 15.0 Å². The highest BCUT2D eigenvalue weighted by molar-refractivity contribution is 6.33. The molecular formula is C23H30ClFN6O. The molecule has 9 heteroatoms. The number of hydrogen-bond donors (Lipinski definition) is 4. The van der Waals surface area contributed by atoms with Crippen LogP contribution in [0.2, 0.25) is 5.02 Å². The van der Waals surface area contributed by atoms with Gasteiger partial charge in [0.1, 0.15) is 0 Å². The quantitative estimate of drug-likeness (QED) is 0.523. The predicted octanol–water partition coefficient (Wildman–Crippen LogP) is 3.02. The van der Waals surface area contributed by atoms with E-state index in [-0.39, 0.29) is 18.6 Å². The molecule has 172 valence electrons. The summed E-state index contributed by atoms with van der Waals surface area (Å²) in [5, 5.41) is 6.87. The molecule has 0 aliphatic carbocycles. The first kappa shape index (κ1) is 22.8. The van der Waals surface area contributed by atoms with Crippen molar-refractivity contribution in [2.24, 2.45) is 5.73 Å². The lowest BCUT2D eigenvalue weighted by molar-refractivity contribution is -0.133. The third-order valence-corrected chi connectivity index (χ3v) is 6.75. The summed E-state index contributed by atoms with van der Waals surface area (Å²) >= 11 is 6.69. The lowest BCUT2D eigenvalue weighted by Gasteiger charge is -2.42. The highest BCUT2D eigenvalue weighted by Gasteiger charge is 2.33. The average Bonchev–Trinajstić information content (AvgIpc) is 2.80. The Bertz CT molecular complexity index is 1040. The van der Waals surface area contributed by atoms with Crippen molar-refractivity contribution in [2.75, 3.05) is 43.9 Å². The van der Waals surface area contributed by atoms with Crippen molar-refractivity contribution in [2.45, 2.75) is 33.0 Å². The summed E-state index contributed by atoms with van der Waals surface area (Å²) in [7, 11) is 0. The van der Waals surface area contributed by atoms with Gasteiger partial charge in [0, 0.05) is 56.0 Å². The maximum absolute atomic E-state index is 16.0. The van der Waals surface area contributed by atoms with Crippen molar-refractivity contribution in [3.05, 3.63) is 45.7 Å². The van der Waals surface area contributed by atoms with Gasteiger partial charge in [0.15, 0.2) is 5.82 Å². The minimum absolute atomic E-state index is 0.162. The SMILES string of the molecule is CCC(=O)N1CCN(C2NCNc3c2cc(Cl)c(-c2c(C)ccc(N)c2CN)c3F)CC1. The van der Waals surface area contributed by atoms with Gasteiger partial charge >= 0.3 is 0 Å². The fraction of sp³-hybridized carbons (Fsp3) is 0.435. The zero-order valence-electron chi connectivity index (χ0n) is 18.5. The summed E-state index contributed by atoms with van der Waals surface area (Å²) in [4.78, 5) is 16.1. The molecule has 32 heavy (non-hydrogen) atoms. The first-order valence-electron chi connectivity index (χ1n) is 11.0. The molecule has 1 saturated heterocycles. The summed E-state index contributed by atoms with van der Waals surface area (Å²) < 4.78 is 16.0. The number of aryl methyl sites for hydroxylation is 1. The Hall–Kier alpha value is -2.39. The Labute approximate surface area is 192 Å². The maximum atomic E-state index is 16.0. The van der Waals surface area contributed by atoms with Crippen molar-refractivity contribution in [1.29, 1.82) is 0 Å². The van der Waals surface area contributed by atoms with Gasteiger partial charge < -0.3 is 21.7 Å². The molecule has 2 heterocycles. The fourth-order valence-corrected chi connectivity index (χ4v) is 5.03. The molecule has 4 rings (SSSR count). The van der Waals surface area contributed by atoms with Gasteiger partial charge in [-0.25, -0.2) is 4.39 Å². The van der Waals surface area contributed by atoms with Crippen molar-refractivity contribution in [1.82, 2.24) is 15.1 Å². The Balaban J connectivity index is 1.72.